The topological polar surface area (TPSA) is 29.1 Å². The molecule has 3 heteroatoms. The van der Waals surface area contributed by atoms with Gasteiger partial charge in [-0.2, -0.15) is 0 Å². The third-order valence-corrected chi connectivity index (χ3v) is 4.63. The average Bonchev–Trinajstić information content (AvgIpc) is 2.50. The quantitative estimate of drug-likeness (QED) is 0.855. The Kier molecular flexibility index (Phi) is 6.08. The lowest BCUT2D eigenvalue weighted by molar-refractivity contribution is -0.119. The van der Waals surface area contributed by atoms with Gasteiger partial charge < -0.3 is 5.32 Å². The van der Waals surface area contributed by atoms with Gasteiger partial charge in [-0.3, -0.25) is 4.79 Å². The van der Waals surface area contributed by atoms with Crippen LogP contribution in [0.4, 0.5) is 0 Å². The van der Waals surface area contributed by atoms with Gasteiger partial charge in [0.25, 0.3) is 0 Å². The average molecular weight is 313 g/mol. The van der Waals surface area contributed by atoms with E-state index in [1.165, 1.54) is 22.3 Å². The number of hydrogen-bond acceptors (Lipinski definition) is 2. The molecule has 0 aliphatic rings. The molecule has 0 bridgehead atoms. The maximum atomic E-state index is 12.1. The summed E-state index contributed by atoms with van der Waals surface area (Å²) >= 11 is 1.65. The van der Waals surface area contributed by atoms with E-state index in [1.54, 1.807) is 11.8 Å². The van der Waals surface area contributed by atoms with Crippen molar-refractivity contribution < 1.29 is 4.79 Å². The van der Waals surface area contributed by atoms with Crippen LogP contribution in [0.1, 0.15) is 35.2 Å². The molecule has 0 spiro atoms. The van der Waals surface area contributed by atoms with Crippen molar-refractivity contribution in [1.82, 2.24) is 5.32 Å². The Balaban J connectivity index is 1.82. The predicted molar refractivity (Wildman–Crippen MR) is 95.1 cm³/mol. The molecule has 22 heavy (non-hydrogen) atoms. The van der Waals surface area contributed by atoms with Crippen molar-refractivity contribution in [2.75, 3.05) is 5.75 Å². The van der Waals surface area contributed by atoms with Gasteiger partial charge in [0.05, 0.1) is 11.8 Å². The van der Waals surface area contributed by atoms with Crippen molar-refractivity contribution in [2.24, 2.45) is 0 Å². The molecule has 0 saturated carbocycles. The molecule has 0 fully saturated rings. The van der Waals surface area contributed by atoms with Crippen molar-refractivity contribution in [2.45, 2.75) is 32.6 Å². The summed E-state index contributed by atoms with van der Waals surface area (Å²) in [6.45, 7) is 6.20. The second-order valence-corrected chi connectivity index (χ2v) is 6.61. The molecule has 0 aliphatic heterocycles. The predicted octanol–water partition coefficient (Wildman–Crippen LogP) is 4.41. The summed E-state index contributed by atoms with van der Waals surface area (Å²) in [5.41, 5.74) is 4.89. The largest absolute Gasteiger partial charge is 0.349 e. The molecule has 2 aromatic carbocycles. The molecule has 116 valence electrons. The lowest BCUT2D eigenvalue weighted by atomic mass is 10.00. The summed E-state index contributed by atoms with van der Waals surface area (Å²) in [6.07, 6.45) is 0. The van der Waals surface area contributed by atoms with Crippen LogP contribution in [0.3, 0.4) is 0 Å². The van der Waals surface area contributed by atoms with E-state index in [9.17, 15) is 4.79 Å². The molecule has 2 aromatic rings. The smallest absolute Gasteiger partial charge is 0.230 e. The van der Waals surface area contributed by atoms with E-state index in [0.717, 1.165) is 5.75 Å². The Hall–Kier alpha value is -1.74. The van der Waals surface area contributed by atoms with Gasteiger partial charge in [-0.15, -0.1) is 11.8 Å². The summed E-state index contributed by atoms with van der Waals surface area (Å²) in [6, 6.07) is 16.6. The molecular formula is C19H23NOS. The van der Waals surface area contributed by atoms with Crippen LogP contribution in [0.25, 0.3) is 0 Å². The highest BCUT2D eigenvalue weighted by molar-refractivity contribution is 7.99. The zero-order valence-corrected chi connectivity index (χ0v) is 14.2. The SMILES string of the molecule is Cc1ccc(C)c([C@@H](C)NC(=O)CSCc2ccccc2)c1. The number of thioether (sulfide) groups is 1. The zero-order chi connectivity index (χ0) is 15.9. The van der Waals surface area contributed by atoms with Gasteiger partial charge in [0.1, 0.15) is 0 Å². The van der Waals surface area contributed by atoms with E-state index >= 15 is 0 Å². The molecule has 0 aliphatic carbocycles. The van der Waals surface area contributed by atoms with E-state index in [-0.39, 0.29) is 11.9 Å². The number of rotatable bonds is 6. The third-order valence-electron chi connectivity index (χ3n) is 3.62. The van der Waals surface area contributed by atoms with Gasteiger partial charge in [-0.05, 0) is 37.5 Å². The Labute approximate surface area is 137 Å². The fourth-order valence-corrected chi connectivity index (χ4v) is 3.22. The van der Waals surface area contributed by atoms with Crippen molar-refractivity contribution >= 4 is 17.7 Å². The van der Waals surface area contributed by atoms with Crippen molar-refractivity contribution in [3.05, 3.63) is 70.8 Å². The van der Waals surface area contributed by atoms with Crippen LogP contribution in [0.2, 0.25) is 0 Å². The van der Waals surface area contributed by atoms with Crippen LogP contribution in [0.15, 0.2) is 48.5 Å². The number of aryl methyl sites for hydroxylation is 2. The van der Waals surface area contributed by atoms with Crippen molar-refractivity contribution in [1.29, 1.82) is 0 Å². The summed E-state index contributed by atoms with van der Waals surface area (Å²) in [7, 11) is 0. The summed E-state index contributed by atoms with van der Waals surface area (Å²) in [5, 5.41) is 3.09. The normalized spacial score (nSPS) is 12.0. The number of amides is 1. The highest BCUT2D eigenvalue weighted by Crippen LogP contribution is 2.19. The third kappa shape index (κ3) is 4.92. The molecule has 1 atom stereocenters. The minimum atomic E-state index is 0.0460. The minimum Gasteiger partial charge on any atom is -0.349 e. The fourth-order valence-electron chi connectivity index (χ4n) is 2.42. The first-order chi connectivity index (χ1) is 10.6. The monoisotopic (exact) mass is 313 g/mol. The first-order valence-electron chi connectivity index (χ1n) is 7.54. The van der Waals surface area contributed by atoms with E-state index in [0.29, 0.717) is 5.75 Å². The van der Waals surface area contributed by atoms with Gasteiger partial charge in [0.2, 0.25) is 5.91 Å². The lowest BCUT2D eigenvalue weighted by Gasteiger charge is -2.17. The molecule has 1 amide bonds. The second-order valence-electron chi connectivity index (χ2n) is 5.63. The maximum absolute atomic E-state index is 12.1. The van der Waals surface area contributed by atoms with E-state index in [2.05, 4.69) is 49.5 Å². The second kappa shape index (κ2) is 8.04. The molecule has 0 aromatic heterocycles. The molecule has 2 rings (SSSR count). The van der Waals surface area contributed by atoms with Crippen molar-refractivity contribution in [3.8, 4) is 0 Å². The van der Waals surface area contributed by atoms with E-state index < -0.39 is 0 Å². The van der Waals surface area contributed by atoms with Gasteiger partial charge in [0, 0.05) is 5.75 Å². The number of benzene rings is 2. The molecule has 0 radical (unpaired) electrons. The van der Waals surface area contributed by atoms with Crippen LogP contribution in [0.5, 0.6) is 0 Å². The highest BCUT2D eigenvalue weighted by Gasteiger charge is 2.11. The van der Waals surface area contributed by atoms with E-state index in [4.69, 9.17) is 0 Å². The molecular weight excluding hydrogens is 290 g/mol. The van der Waals surface area contributed by atoms with Crippen LogP contribution in [-0.4, -0.2) is 11.7 Å². The first kappa shape index (κ1) is 16.6. The molecule has 1 N–H and O–H groups in total. The van der Waals surface area contributed by atoms with Crippen LogP contribution < -0.4 is 5.32 Å². The molecule has 0 unspecified atom stereocenters. The number of hydrogen-bond donors (Lipinski definition) is 1. The molecule has 0 saturated heterocycles. The van der Waals surface area contributed by atoms with E-state index in [1.807, 2.05) is 25.1 Å². The van der Waals surface area contributed by atoms with Gasteiger partial charge >= 0.3 is 0 Å². The van der Waals surface area contributed by atoms with Crippen LogP contribution in [-0.2, 0) is 10.5 Å². The van der Waals surface area contributed by atoms with Gasteiger partial charge in [-0.1, -0.05) is 54.1 Å². The Morgan fingerprint density at radius 3 is 2.59 bits per heavy atom. The van der Waals surface area contributed by atoms with Crippen LogP contribution >= 0.6 is 11.8 Å². The Morgan fingerprint density at radius 2 is 1.86 bits per heavy atom. The molecule has 0 heterocycles. The Bertz CT molecular complexity index is 625. The number of nitrogens with one attached hydrogen (secondary N) is 1. The number of carbonyl (C=O) groups excluding carboxylic acids is 1. The van der Waals surface area contributed by atoms with Crippen LogP contribution in [0, 0.1) is 13.8 Å². The summed E-state index contributed by atoms with van der Waals surface area (Å²) in [4.78, 5) is 12.1. The number of carbonyl (C=O) groups is 1. The first-order valence-corrected chi connectivity index (χ1v) is 8.70. The fraction of sp³-hybridized carbons (Fsp3) is 0.316. The molecule has 2 nitrogen and oxygen atoms in total. The maximum Gasteiger partial charge on any atom is 0.230 e. The summed E-state index contributed by atoms with van der Waals surface area (Å²) < 4.78 is 0. The zero-order valence-electron chi connectivity index (χ0n) is 13.4. The van der Waals surface area contributed by atoms with Gasteiger partial charge in [-0.25, -0.2) is 0 Å². The highest BCUT2D eigenvalue weighted by atomic mass is 32.2. The summed E-state index contributed by atoms with van der Waals surface area (Å²) in [5.74, 6) is 1.45. The lowest BCUT2D eigenvalue weighted by Crippen LogP contribution is -2.28. The standard InChI is InChI=1S/C19H23NOS/c1-14-9-10-15(2)18(11-14)16(3)20-19(21)13-22-12-17-7-5-4-6-8-17/h4-11,16H,12-13H2,1-3H3,(H,20,21)/t16-/m1/s1. The Morgan fingerprint density at radius 1 is 1.14 bits per heavy atom. The van der Waals surface area contributed by atoms with Gasteiger partial charge in [0.15, 0.2) is 0 Å². The minimum absolute atomic E-state index is 0.0460. The van der Waals surface area contributed by atoms with Crippen molar-refractivity contribution in [3.63, 3.8) is 0 Å².